The van der Waals surface area contributed by atoms with Gasteiger partial charge in [0.15, 0.2) is 6.10 Å². The molecular weight excluding hydrogens is 339 g/mol. The van der Waals surface area contributed by atoms with Crippen LogP contribution in [-0.4, -0.2) is 41.7 Å². The van der Waals surface area contributed by atoms with Gasteiger partial charge < -0.3 is 14.6 Å². The zero-order valence-electron chi connectivity index (χ0n) is 14.3. The molecule has 0 amide bonds. The Labute approximate surface area is 137 Å². The predicted molar refractivity (Wildman–Crippen MR) is 74.3 cm³/mol. The van der Waals surface area contributed by atoms with E-state index in [1.165, 1.54) is 27.7 Å². The van der Waals surface area contributed by atoms with Crippen LogP contribution in [0.15, 0.2) is 0 Å². The van der Waals surface area contributed by atoms with Crippen LogP contribution < -0.4 is 0 Å². The van der Waals surface area contributed by atoms with E-state index in [0.717, 1.165) is 0 Å². The van der Waals surface area contributed by atoms with Crippen molar-refractivity contribution in [3.63, 3.8) is 0 Å². The van der Waals surface area contributed by atoms with Gasteiger partial charge in [-0.25, -0.2) is 0 Å². The van der Waals surface area contributed by atoms with Crippen LogP contribution in [-0.2, 0) is 14.3 Å². The lowest BCUT2D eigenvalue weighted by Gasteiger charge is -2.51. The van der Waals surface area contributed by atoms with Crippen LogP contribution in [0.1, 0.15) is 47.5 Å². The highest BCUT2D eigenvalue weighted by molar-refractivity contribution is 5.76. The van der Waals surface area contributed by atoms with E-state index in [1.807, 2.05) is 0 Å². The van der Waals surface area contributed by atoms with Crippen molar-refractivity contribution in [2.45, 2.75) is 71.5 Å². The highest BCUT2D eigenvalue weighted by Crippen LogP contribution is 2.54. The Morgan fingerprint density at radius 2 is 1.79 bits per heavy atom. The highest BCUT2D eigenvalue weighted by atomic mass is 19.4. The van der Waals surface area contributed by atoms with Crippen molar-refractivity contribution in [2.75, 3.05) is 6.61 Å². The smallest absolute Gasteiger partial charge is 0.449 e. The van der Waals surface area contributed by atoms with Gasteiger partial charge in [0.2, 0.25) is 0 Å². The summed E-state index contributed by atoms with van der Waals surface area (Å²) in [6.45, 7) is 6.35. The summed E-state index contributed by atoms with van der Waals surface area (Å²) in [4.78, 5) is 12.2. The van der Waals surface area contributed by atoms with E-state index < -0.39 is 47.4 Å². The molecule has 3 atom stereocenters. The molecule has 0 spiro atoms. The monoisotopic (exact) mass is 362 g/mol. The molecule has 1 aliphatic rings. The molecule has 1 fully saturated rings. The Morgan fingerprint density at radius 1 is 1.29 bits per heavy atom. The molecule has 0 aromatic carbocycles. The number of hydrogen-bond donors (Lipinski definition) is 1. The van der Waals surface area contributed by atoms with E-state index >= 15 is 0 Å². The molecule has 0 aromatic rings. The van der Waals surface area contributed by atoms with Gasteiger partial charge in [0.05, 0.1) is 12.0 Å². The number of rotatable bonds is 4. The Kier molecular flexibility index (Phi) is 5.35. The van der Waals surface area contributed by atoms with Crippen LogP contribution in [0.3, 0.4) is 0 Å². The Hall–Kier alpha value is -0.960. The second-order valence-electron chi connectivity index (χ2n) is 7.08. The molecule has 1 heterocycles. The van der Waals surface area contributed by atoms with Crippen molar-refractivity contribution in [1.29, 1.82) is 0 Å². The summed E-state index contributed by atoms with van der Waals surface area (Å²) in [5.41, 5.74) is -2.74. The van der Waals surface area contributed by atoms with Crippen LogP contribution in [0.2, 0.25) is 0 Å². The van der Waals surface area contributed by atoms with E-state index in [9.17, 15) is 31.9 Å². The average Bonchev–Trinajstić information content (AvgIpc) is 2.46. The maximum Gasteiger partial charge on any atom is 0.449 e. The Balaban J connectivity index is 3.35. The second-order valence-corrected chi connectivity index (χ2v) is 7.08. The quantitative estimate of drug-likeness (QED) is 0.612. The maximum absolute atomic E-state index is 14.6. The van der Waals surface area contributed by atoms with E-state index in [1.54, 1.807) is 6.92 Å². The molecular formula is C15H23F5O4. The van der Waals surface area contributed by atoms with Crippen LogP contribution in [0.4, 0.5) is 22.0 Å². The number of alkyl halides is 5. The summed E-state index contributed by atoms with van der Waals surface area (Å²) in [5.74, 6) is -10.6. The third-order valence-corrected chi connectivity index (χ3v) is 4.88. The summed E-state index contributed by atoms with van der Waals surface area (Å²) >= 11 is 0. The highest BCUT2D eigenvalue weighted by Gasteiger charge is 2.79. The Bertz CT molecular complexity index is 491. The number of carbonyl (C=O) groups excluding carboxylic acids is 1. The largest absolute Gasteiger partial charge is 0.455 e. The number of ether oxygens (including phenoxy) is 2. The summed E-state index contributed by atoms with van der Waals surface area (Å²) < 4.78 is 77.1. The second kappa shape index (κ2) is 6.09. The molecule has 1 saturated heterocycles. The minimum Gasteiger partial charge on any atom is -0.455 e. The first-order valence-electron chi connectivity index (χ1n) is 7.61. The van der Waals surface area contributed by atoms with Crippen LogP contribution in [0.5, 0.6) is 0 Å². The molecule has 9 heteroatoms. The summed E-state index contributed by atoms with van der Waals surface area (Å²) in [6, 6.07) is 0. The first kappa shape index (κ1) is 21.1. The third-order valence-electron chi connectivity index (χ3n) is 4.88. The normalized spacial score (nSPS) is 34.0. The molecule has 24 heavy (non-hydrogen) atoms. The molecule has 0 bridgehead atoms. The fourth-order valence-electron chi connectivity index (χ4n) is 2.24. The third kappa shape index (κ3) is 3.12. The lowest BCUT2D eigenvalue weighted by molar-refractivity contribution is -0.471. The minimum absolute atomic E-state index is 0.0406. The van der Waals surface area contributed by atoms with Gasteiger partial charge in [-0.05, 0) is 26.7 Å². The van der Waals surface area contributed by atoms with Gasteiger partial charge in [-0.3, -0.25) is 4.79 Å². The minimum atomic E-state index is -5.75. The SMILES string of the molecule is CCC(C)(C)C(=O)OC1C(C)(CC)COC(O)(C(F)(F)F)C1(F)F. The first-order chi connectivity index (χ1) is 10.6. The van der Waals surface area contributed by atoms with Gasteiger partial charge in [-0.1, -0.05) is 20.8 Å². The van der Waals surface area contributed by atoms with E-state index in [-0.39, 0.29) is 12.8 Å². The lowest BCUT2D eigenvalue weighted by atomic mass is 9.74. The zero-order valence-corrected chi connectivity index (χ0v) is 14.3. The molecule has 142 valence electrons. The van der Waals surface area contributed by atoms with Crippen molar-refractivity contribution < 1.29 is 41.3 Å². The molecule has 0 aliphatic carbocycles. The predicted octanol–water partition coefficient (Wildman–Crippen LogP) is 3.67. The van der Waals surface area contributed by atoms with Gasteiger partial charge in [0.25, 0.3) is 0 Å². The fourth-order valence-corrected chi connectivity index (χ4v) is 2.24. The molecule has 0 aromatic heterocycles. The molecule has 0 radical (unpaired) electrons. The van der Waals surface area contributed by atoms with Gasteiger partial charge in [-0.2, -0.15) is 22.0 Å². The van der Waals surface area contributed by atoms with Crippen molar-refractivity contribution in [3.8, 4) is 0 Å². The first-order valence-corrected chi connectivity index (χ1v) is 7.61. The molecule has 1 rings (SSSR count). The Morgan fingerprint density at radius 3 is 2.17 bits per heavy atom. The van der Waals surface area contributed by atoms with Gasteiger partial charge in [-0.15, -0.1) is 0 Å². The standard InChI is InChI=1S/C15H23F5O4/c1-6-11(3,4)10(21)24-9-12(5,7-2)8-23-14(22,13(9,16)17)15(18,19)20/h9,22H,6-8H2,1-5H3. The topological polar surface area (TPSA) is 55.8 Å². The van der Waals surface area contributed by atoms with Gasteiger partial charge in [0.1, 0.15) is 0 Å². The van der Waals surface area contributed by atoms with Crippen LogP contribution in [0.25, 0.3) is 0 Å². The van der Waals surface area contributed by atoms with Crippen molar-refractivity contribution in [1.82, 2.24) is 0 Å². The zero-order chi connectivity index (χ0) is 19.2. The van der Waals surface area contributed by atoms with Gasteiger partial charge in [0, 0.05) is 5.41 Å². The van der Waals surface area contributed by atoms with E-state index in [4.69, 9.17) is 4.74 Å². The molecule has 1 aliphatic heterocycles. The summed E-state index contributed by atoms with van der Waals surface area (Å²) in [5, 5.41) is 9.52. The average molecular weight is 362 g/mol. The van der Waals surface area contributed by atoms with E-state index in [0.29, 0.717) is 0 Å². The number of esters is 1. The van der Waals surface area contributed by atoms with Crippen LogP contribution in [0, 0.1) is 10.8 Å². The van der Waals surface area contributed by atoms with Crippen LogP contribution >= 0.6 is 0 Å². The molecule has 0 saturated carbocycles. The molecule has 3 unspecified atom stereocenters. The lowest BCUT2D eigenvalue weighted by Crippen LogP contribution is -2.73. The van der Waals surface area contributed by atoms with Crippen molar-refractivity contribution in [3.05, 3.63) is 0 Å². The van der Waals surface area contributed by atoms with Crippen molar-refractivity contribution >= 4 is 5.97 Å². The van der Waals surface area contributed by atoms with Gasteiger partial charge >= 0.3 is 23.9 Å². The number of carbonyl (C=O) groups is 1. The summed E-state index contributed by atoms with van der Waals surface area (Å²) in [7, 11) is 0. The number of hydrogen-bond acceptors (Lipinski definition) is 4. The maximum atomic E-state index is 14.6. The fraction of sp³-hybridized carbons (Fsp3) is 0.933. The molecule has 1 N–H and O–H groups in total. The summed E-state index contributed by atoms with van der Waals surface area (Å²) in [6.07, 6.45) is -8.03. The van der Waals surface area contributed by atoms with E-state index in [2.05, 4.69) is 4.74 Å². The number of halogens is 5. The van der Waals surface area contributed by atoms with Crippen molar-refractivity contribution in [2.24, 2.45) is 10.8 Å². The molecule has 4 nitrogen and oxygen atoms in total. The number of aliphatic hydroxyl groups is 1.